The van der Waals surface area contributed by atoms with Crippen LogP contribution in [0, 0.1) is 0 Å². The number of likely N-dealkylation sites (N-methyl/N-ethyl adjacent to an activating group) is 1. The Morgan fingerprint density at radius 1 is 1.16 bits per heavy atom. The van der Waals surface area contributed by atoms with Gasteiger partial charge in [0.1, 0.15) is 0 Å². The highest BCUT2D eigenvalue weighted by Crippen LogP contribution is 2.27. The maximum Gasteiger partial charge on any atom is 0.247 e. The molecule has 0 aromatic carbocycles. The number of aromatic nitrogens is 4. The molecule has 0 saturated carbocycles. The van der Waals surface area contributed by atoms with Crippen LogP contribution in [0.25, 0.3) is 11.0 Å². The van der Waals surface area contributed by atoms with E-state index in [1.165, 1.54) is 6.08 Å². The maximum atomic E-state index is 11.1. The Bertz CT molecular complexity index is 1310. The van der Waals surface area contributed by atoms with E-state index in [0.717, 1.165) is 55.0 Å². The second kappa shape index (κ2) is 35.7. The quantitative estimate of drug-likeness (QED) is 0.0339. The Kier molecular flexibility index (Phi) is 36.5. The molecule has 0 fully saturated rings. The van der Waals surface area contributed by atoms with Crippen molar-refractivity contribution in [2.24, 2.45) is 0 Å². The van der Waals surface area contributed by atoms with Crippen LogP contribution in [-0.2, 0) is 14.3 Å². The van der Waals surface area contributed by atoms with Gasteiger partial charge in [0.15, 0.2) is 5.65 Å². The monoisotopic (exact) mass is 826 g/mol. The molecule has 13 heteroatoms. The number of hydrogen-bond acceptors (Lipinski definition) is 9. The van der Waals surface area contributed by atoms with Gasteiger partial charge in [0.05, 0.1) is 30.8 Å². The van der Waals surface area contributed by atoms with Gasteiger partial charge >= 0.3 is 0 Å². The third kappa shape index (κ3) is 25.8. The van der Waals surface area contributed by atoms with E-state index in [1.54, 1.807) is 33.5 Å². The van der Waals surface area contributed by atoms with Crippen molar-refractivity contribution in [3.05, 3.63) is 98.4 Å². The molecular formula is C37H64IN8O3P. The van der Waals surface area contributed by atoms with E-state index in [1.807, 2.05) is 43.7 Å². The lowest BCUT2D eigenvalue weighted by atomic mass is 10.2. The Morgan fingerprint density at radius 3 is 2.36 bits per heavy atom. The highest BCUT2D eigenvalue weighted by molar-refractivity contribution is 14.2. The highest BCUT2D eigenvalue weighted by Gasteiger charge is 2.07. The fourth-order valence-electron chi connectivity index (χ4n) is 3.45. The van der Waals surface area contributed by atoms with Crippen LogP contribution in [-0.4, -0.2) is 84.4 Å². The Labute approximate surface area is 317 Å². The summed E-state index contributed by atoms with van der Waals surface area (Å²) in [5.41, 5.74) is 2.66. The van der Waals surface area contributed by atoms with Crippen molar-refractivity contribution in [2.45, 2.75) is 66.8 Å². The number of halogens is 1. The largest absolute Gasteiger partial charge is 0.501 e. The predicted molar refractivity (Wildman–Crippen MR) is 227 cm³/mol. The van der Waals surface area contributed by atoms with Crippen LogP contribution >= 0.6 is 28.4 Å². The molecule has 3 N–H and O–H groups in total. The van der Waals surface area contributed by atoms with Crippen molar-refractivity contribution >= 4 is 51.3 Å². The first-order valence-electron chi connectivity index (χ1n) is 16.6. The summed E-state index contributed by atoms with van der Waals surface area (Å²) in [6.07, 6.45) is 19.8. The minimum absolute atomic E-state index is 0.245. The summed E-state index contributed by atoms with van der Waals surface area (Å²) in [6.45, 7) is 28.4. The summed E-state index contributed by atoms with van der Waals surface area (Å²) in [6, 6.07) is 0.347. The van der Waals surface area contributed by atoms with E-state index in [9.17, 15) is 4.79 Å². The first-order chi connectivity index (χ1) is 24.1. The zero-order valence-electron chi connectivity index (χ0n) is 32.2. The zero-order chi connectivity index (χ0) is 38.7. The number of anilines is 1. The molecule has 50 heavy (non-hydrogen) atoms. The molecule has 2 aromatic heterocycles. The lowest BCUT2D eigenvalue weighted by Gasteiger charge is -2.16. The molecule has 2 rings (SSSR count). The average Bonchev–Trinajstić information content (AvgIpc) is 3.55. The summed E-state index contributed by atoms with van der Waals surface area (Å²) in [5.74, 6) is 1.09. The van der Waals surface area contributed by atoms with Gasteiger partial charge in [-0.05, 0) is 74.5 Å². The first-order valence-corrected chi connectivity index (χ1v) is 20.7. The topological polar surface area (TPSA) is 118 Å². The van der Waals surface area contributed by atoms with E-state index >= 15 is 0 Å². The smallest absolute Gasteiger partial charge is 0.247 e. The molecule has 2 unspecified atom stereocenters. The van der Waals surface area contributed by atoms with E-state index < -0.39 is 0 Å². The lowest BCUT2D eigenvalue weighted by molar-refractivity contribution is -0.115. The second-order valence-corrected chi connectivity index (χ2v) is 11.9. The number of carbonyl (C=O) groups excluding carboxylic acids is 1. The molecular weight excluding hydrogens is 762 g/mol. The number of amides is 1. The van der Waals surface area contributed by atoms with Gasteiger partial charge in [0.25, 0.3) is 0 Å². The maximum absolute atomic E-state index is 11.1. The SMILES string of the molecule is C=C.C=CCC=C(/C=C(\C)OC)NC(=O)C=C.CC.CC/C=C(\C/C=C\C(C)NCCN(C)CC)Nc1ncc2cnn(PI)c2n1.COC. The molecule has 0 spiro atoms. The van der Waals surface area contributed by atoms with E-state index in [0.29, 0.717) is 30.5 Å². The van der Waals surface area contributed by atoms with Crippen molar-refractivity contribution in [1.29, 1.82) is 0 Å². The van der Waals surface area contributed by atoms with Gasteiger partial charge < -0.3 is 30.3 Å². The number of carbonyl (C=O) groups is 1. The fraction of sp³-hybridized carbons (Fsp3) is 0.459. The molecule has 282 valence electrons. The minimum atomic E-state index is -0.245. The number of allylic oxidation sites excluding steroid dienone is 6. The second-order valence-electron chi connectivity index (χ2n) is 9.89. The number of ether oxygens (including phenoxy) is 2. The summed E-state index contributed by atoms with van der Waals surface area (Å²) in [4.78, 5) is 22.5. The van der Waals surface area contributed by atoms with Gasteiger partial charge in [-0.3, -0.25) is 4.79 Å². The lowest BCUT2D eigenvalue weighted by Crippen LogP contribution is -2.33. The summed E-state index contributed by atoms with van der Waals surface area (Å²) >= 11 is 2.31. The number of fused-ring (bicyclic) bond motifs is 1. The molecule has 0 aliphatic heterocycles. The van der Waals surface area contributed by atoms with Gasteiger partial charge in [-0.1, -0.05) is 64.7 Å². The van der Waals surface area contributed by atoms with Gasteiger partial charge in [0, 0.05) is 57.4 Å². The van der Waals surface area contributed by atoms with Crippen molar-refractivity contribution in [1.82, 2.24) is 35.1 Å². The number of hydrogen-bond donors (Lipinski definition) is 3. The van der Waals surface area contributed by atoms with E-state index in [2.05, 4.69) is 135 Å². The third-order valence-electron chi connectivity index (χ3n) is 6.01. The molecule has 2 heterocycles. The molecule has 0 saturated heterocycles. The molecule has 2 aromatic rings. The molecule has 1 amide bonds. The van der Waals surface area contributed by atoms with Crippen molar-refractivity contribution in [3.63, 3.8) is 0 Å². The van der Waals surface area contributed by atoms with Gasteiger partial charge in [0.2, 0.25) is 11.9 Å². The molecule has 0 bridgehead atoms. The van der Waals surface area contributed by atoms with E-state index in [4.69, 9.17) is 4.74 Å². The molecule has 0 aliphatic carbocycles. The fourth-order valence-corrected chi connectivity index (χ4v) is 4.87. The summed E-state index contributed by atoms with van der Waals surface area (Å²) in [7, 11) is 6.97. The summed E-state index contributed by atoms with van der Waals surface area (Å²) in [5, 5.41) is 14.9. The van der Waals surface area contributed by atoms with Gasteiger partial charge in [-0.25, -0.2) is 9.44 Å². The van der Waals surface area contributed by atoms with Crippen molar-refractivity contribution in [3.8, 4) is 0 Å². The van der Waals surface area contributed by atoms with Gasteiger partial charge in [-0.2, -0.15) is 10.1 Å². The van der Waals surface area contributed by atoms with Gasteiger partial charge in [-0.15, -0.1) is 19.7 Å². The van der Waals surface area contributed by atoms with Crippen LogP contribution in [0.15, 0.2) is 98.4 Å². The van der Waals surface area contributed by atoms with E-state index in [-0.39, 0.29) is 5.91 Å². The predicted octanol–water partition coefficient (Wildman–Crippen LogP) is 8.59. The van der Waals surface area contributed by atoms with Crippen LogP contribution in [0.4, 0.5) is 5.95 Å². The first kappa shape index (κ1) is 51.2. The van der Waals surface area contributed by atoms with Crippen molar-refractivity contribution in [2.75, 3.05) is 53.3 Å². The van der Waals surface area contributed by atoms with Crippen LogP contribution in [0.1, 0.15) is 60.8 Å². The number of methoxy groups -OCH3 is 2. The third-order valence-corrected chi connectivity index (χ3v) is 7.87. The standard InChI is InChI=1S/C19H31IN7P.C12H17NO2.C2H6O.C2H6.C2H4/c1-5-8-17(10-7-9-15(3)21-11-12-26(4)6-2)24-19-22-13-16-14-23-27(28-20)18(16)25-19;1-5-7-8-11(9-10(3)15-4)13-12(14)6-2;1-3-2;2*1-2/h7-9,13-15,21,28H,5-6,10-12H2,1-4H3,(H,22,24,25);5-6,8-9H,1-2,7H2,3-4H3,(H,13,14);1-2H3;1-2H3;1-2H2/b9-7-,17-8+;10-9+,11-8?;;;. The number of nitrogens with zero attached hydrogens (tertiary/aromatic N) is 5. The Morgan fingerprint density at radius 2 is 1.82 bits per heavy atom. The van der Waals surface area contributed by atoms with Crippen molar-refractivity contribution < 1.29 is 14.3 Å². The van der Waals surface area contributed by atoms with Crippen LogP contribution in [0.3, 0.4) is 0 Å². The average molecular weight is 827 g/mol. The van der Waals surface area contributed by atoms with Crippen LogP contribution in [0.5, 0.6) is 0 Å². The Balaban J connectivity index is -0.000000847. The highest BCUT2D eigenvalue weighted by atomic mass is 127. The minimum Gasteiger partial charge on any atom is -0.501 e. The number of rotatable bonds is 18. The Hall–Kier alpha value is -3.16. The summed E-state index contributed by atoms with van der Waals surface area (Å²) < 4.78 is 11.1. The molecule has 2 atom stereocenters. The molecule has 11 nitrogen and oxygen atoms in total. The number of nitrogens with one attached hydrogen (secondary N) is 3. The molecule has 0 radical (unpaired) electrons. The van der Waals surface area contributed by atoms with Crippen LogP contribution < -0.4 is 16.0 Å². The van der Waals surface area contributed by atoms with Crippen LogP contribution in [0.2, 0.25) is 0 Å². The normalized spacial score (nSPS) is 12.0. The molecule has 0 aliphatic rings. The zero-order valence-corrected chi connectivity index (χ0v) is 35.3.